The maximum Gasteiger partial charge on any atom is 0.134 e. The lowest BCUT2D eigenvalue weighted by atomic mass is 10.1. The maximum absolute atomic E-state index is 10.9. The van der Waals surface area contributed by atoms with E-state index in [1.165, 1.54) is 5.39 Å². The fourth-order valence-electron chi connectivity index (χ4n) is 1.72. The van der Waals surface area contributed by atoms with Gasteiger partial charge >= 0.3 is 0 Å². The molecule has 1 N–H and O–H groups in total. The SMILES string of the molecule is CC(=O)Cc1ccc2cc(C)[nH]c2c1. The molecule has 0 amide bonds. The van der Waals surface area contributed by atoms with Crippen LogP contribution in [0.25, 0.3) is 10.9 Å². The van der Waals surface area contributed by atoms with Crippen LogP contribution >= 0.6 is 0 Å². The number of H-pyrrole nitrogens is 1. The van der Waals surface area contributed by atoms with Gasteiger partial charge in [0.1, 0.15) is 5.78 Å². The molecule has 0 fully saturated rings. The van der Waals surface area contributed by atoms with Gasteiger partial charge in [0.15, 0.2) is 0 Å². The number of carbonyl (C=O) groups is 1. The highest BCUT2D eigenvalue weighted by atomic mass is 16.1. The number of benzene rings is 1. The molecule has 0 spiro atoms. The lowest BCUT2D eigenvalue weighted by Crippen LogP contribution is -1.95. The van der Waals surface area contributed by atoms with Gasteiger partial charge < -0.3 is 4.98 Å². The van der Waals surface area contributed by atoms with Crippen molar-refractivity contribution in [3.05, 3.63) is 35.5 Å². The summed E-state index contributed by atoms with van der Waals surface area (Å²) in [5.41, 5.74) is 3.34. The van der Waals surface area contributed by atoms with Gasteiger partial charge in [-0.1, -0.05) is 12.1 Å². The normalized spacial score (nSPS) is 10.7. The van der Waals surface area contributed by atoms with Crippen LogP contribution in [0.2, 0.25) is 0 Å². The number of aryl methyl sites for hydroxylation is 1. The number of rotatable bonds is 2. The molecule has 1 aromatic carbocycles. The number of aromatic nitrogens is 1. The Labute approximate surface area is 82.9 Å². The van der Waals surface area contributed by atoms with Crippen molar-refractivity contribution in [3.8, 4) is 0 Å². The molecule has 2 heteroatoms. The fourth-order valence-corrected chi connectivity index (χ4v) is 1.72. The molecule has 0 atom stereocenters. The molecule has 72 valence electrons. The zero-order valence-electron chi connectivity index (χ0n) is 8.42. The number of nitrogens with one attached hydrogen (secondary N) is 1. The van der Waals surface area contributed by atoms with Gasteiger partial charge in [-0.25, -0.2) is 0 Å². The molecule has 0 saturated heterocycles. The van der Waals surface area contributed by atoms with Gasteiger partial charge in [0, 0.05) is 17.6 Å². The van der Waals surface area contributed by atoms with Crippen molar-refractivity contribution in [2.75, 3.05) is 0 Å². The lowest BCUT2D eigenvalue weighted by Gasteiger charge is -1.97. The molecule has 0 aliphatic carbocycles. The van der Waals surface area contributed by atoms with Crippen molar-refractivity contribution in [3.63, 3.8) is 0 Å². The number of hydrogen-bond acceptors (Lipinski definition) is 1. The highest BCUT2D eigenvalue weighted by Crippen LogP contribution is 2.17. The highest BCUT2D eigenvalue weighted by Gasteiger charge is 2.01. The summed E-state index contributed by atoms with van der Waals surface area (Å²) in [4.78, 5) is 14.2. The fraction of sp³-hybridized carbons (Fsp3) is 0.250. The first-order valence-electron chi connectivity index (χ1n) is 4.73. The monoisotopic (exact) mass is 187 g/mol. The molecule has 2 nitrogen and oxygen atoms in total. The van der Waals surface area contributed by atoms with Gasteiger partial charge in [0.2, 0.25) is 0 Å². The van der Waals surface area contributed by atoms with Crippen LogP contribution in [0.3, 0.4) is 0 Å². The number of aromatic amines is 1. The summed E-state index contributed by atoms with van der Waals surface area (Å²) in [6, 6.07) is 8.21. The van der Waals surface area contributed by atoms with Gasteiger partial charge in [-0.15, -0.1) is 0 Å². The topological polar surface area (TPSA) is 32.9 Å². The quantitative estimate of drug-likeness (QED) is 0.770. The van der Waals surface area contributed by atoms with Crippen LogP contribution < -0.4 is 0 Å². The van der Waals surface area contributed by atoms with Crippen LogP contribution in [-0.2, 0) is 11.2 Å². The minimum Gasteiger partial charge on any atom is -0.359 e. The minimum absolute atomic E-state index is 0.202. The zero-order valence-corrected chi connectivity index (χ0v) is 8.42. The van der Waals surface area contributed by atoms with E-state index >= 15 is 0 Å². The summed E-state index contributed by atoms with van der Waals surface area (Å²) < 4.78 is 0. The predicted octanol–water partition coefficient (Wildman–Crippen LogP) is 2.61. The molecule has 1 aromatic heterocycles. The van der Waals surface area contributed by atoms with Crippen LogP contribution in [0.1, 0.15) is 18.2 Å². The Morgan fingerprint density at radius 1 is 1.36 bits per heavy atom. The second-order valence-corrected chi connectivity index (χ2v) is 3.75. The van der Waals surface area contributed by atoms with Crippen molar-refractivity contribution in [2.45, 2.75) is 20.3 Å². The van der Waals surface area contributed by atoms with Gasteiger partial charge in [-0.05, 0) is 36.9 Å². The molecule has 2 rings (SSSR count). The minimum atomic E-state index is 0.202. The average Bonchev–Trinajstić information content (AvgIpc) is 2.42. The molecule has 0 bridgehead atoms. The van der Waals surface area contributed by atoms with Crippen LogP contribution in [0, 0.1) is 6.92 Å². The van der Waals surface area contributed by atoms with Crippen molar-refractivity contribution in [1.29, 1.82) is 0 Å². The van der Waals surface area contributed by atoms with E-state index in [0.29, 0.717) is 6.42 Å². The number of hydrogen-bond donors (Lipinski definition) is 1. The molecular formula is C12H13NO. The molecule has 1 heterocycles. The van der Waals surface area contributed by atoms with Crippen molar-refractivity contribution in [1.82, 2.24) is 4.98 Å². The summed E-state index contributed by atoms with van der Waals surface area (Å²) in [5.74, 6) is 0.202. The van der Waals surface area contributed by atoms with Crippen LogP contribution in [0.15, 0.2) is 24.3 Å². The first-order valence-corrected chi connectivity index (χ1v) is 4.73. The van der Waals surface area contributed by atoms with E-state index in [9.17, 15) is 4.79 Å². The Morgan fingerprint density at radius 3 is 2.86 bits per heavy atom. The summed E-state index contributed by atoms with van der Waals surface area (Å²) in [7, 11) is 0. The van der Waals surface area contributed by atoms with E-state index in [2.05, 4.69) is 17.1 Å². The number of Topliss-reactive ketones (excluding diaryl/α,β-unsaturated/α-hetero) is 1. The van der Waals surface area contributed by atoms with Crippen molar-refractivity contribution >= 4 is 16.7 Å². The number of carbonyl (C=O) groups excluding carboxylic acids is 1. The van der Waals surface area contributed by atoms with Crippen LogP contribution in [0.4, 0.5) is 0 Å². The lowest BCUT2D eigenvalue weighted by molar-refractivity contribution is -0.116. The van der Waals surface area contributed by atoms with E-state index in [1.54, 1.807) is 6.92 Å². The molecule has 0 radical (unpaired) electrons. The Hall–Kier alpha value is -1.57. The molecule has 2 aromatic rings. The van der Waals surface area contributed by atoms with E-state index in [1.807, 2.05) is 19.1 Å². The molecule has 0 saturated carbocycles. The van der Waals surface area contributed by atoms with Gasteiger partial charge in [-0.3, -0.25) is 4.79 Å². The first-order chi connectivity index (χ1) is 6.65. The molecule has 14 heavy (non-hydrogen) atoms. The molecule has 0 aliphatic rings. The van der Waals surface area contributed by atoms with Gasteiger partial charge in [0.25, 0.3) is 0 Å². The second-order valence-electron chi connectivity index (χ2n) is 3.75. The third-order valence-corrected chi connectivity index (χ3v) is 2.27. The highest BCUT2D eigenvalue weighted by molar-refractivity contribution is 5.83. The molecule has 0 aliphatic heterocycles. The number of ketones is 1. The summed E-state index contributed by atoms with van der Waals surface area (Å²) in [6.07, 6.45) is 0.522. The molecular weight excluding hydrogens is 174 g/mol. The smallest absolute Gasteiger partial charge is 0.134 e. The van der Waals surface area contributed by atoms with Crippen molar-refractivity contribution < 1.29 is 4.79 Å². The van der Waals surface area contributed by atoms with E-state index < -0.39 is 0 Å². The number of fused-ring (bicyclic) bond motifs is 1. The summed E-state index contributed by atoms with van der Waals surface area (Å²) in [6.45, 7) is 3.65. The van der Waals surface area contributed by atoms with E-state index in [-0.39, 0.29) is 5.78 Å². The van der Waals surface area contributed by atoms with Crippen LogP contribution in [-0.4, -0.2) is 10.8 Å². The van der Waals surface area contributed by atoms with Crippen molar-refractivity contribution in [2.24, 2.45) is 0 Å². The second kappa shape index (κ2) is 3.29. The third-order valence-electron chi connectivity index (χ3n) is 2.27. The Balaban J connectivity index is 2.45. The third kappa shape index (κ3) is 1.69. The maximum atomic E-state index is 10.9. The van der Waals surface area contributed by atoms with E-state index in [4.69, 9.17) is 0 Å². The average molecular weight is 187 g/mol. The largest absolute Gasteiger partial charge is 0.359 e. The predicted molar refractivity (Wildman–Crippen MR) is 57.4 cm³/mol. The first kappa shape index (κ1) is 9.00. The van der Waals surface area contributed by atoms with Gasteiger partial charge in [0.05, 0.1) is 0 Å². The summed E-state index contributed by atoms with van der Waals surface area (Å²) >= 11 is 0. The molecule has 0 unspecified atom stereocenters. The Bertz CT molecular complexity index is 482. The Morgan fingerprint density at radius 2 is 2.14 bits per heavy atom. The van der Waals surface area contributed by atoms with Crippen LogP contribution in [0.5, 0.6) is 0 Å². The Kier molecular flexibility index (Phi) is 2.12. The van der Waals surface area contributed by atoms with Gasteiger partial charge in [-0.2, -0.15) is 0 Å². The standard InChI is InChI=1S/C12H13NO/c1-8-5-11-4-3-10(6-9(2)14)7-12(11)13-8/h3-5,7,13H,6H2,1-2H3. The zero-order chi connectivity index (χ0) is 10.1. The van der Waals surface area contributed by atoms with E-state index in [0.717, 1.165) is 16.8 Å². The summed E-state index contributed by atoms with van der Waals surface area (Å²) in [5, 5.41) is 1.20.